The van der Waals surface area contributed by atoms with Gasteiger partial charge in [0.2, 0.25) is 0 Å². The molecule has 7 nitrogen and oxygen atoms in total. The molecule has 1 saturated heterocycles. The Bertz CT molecular complexity index is 1250. The number of likely N-dealkylation sites (N-methyl/N-ethyl adjacent to an activating group) is 2. The highest BCUT2D eigenvalue weighted by molar-refractivity contribution is 8.26. The normalized spacial score (nSPS) is 21.9. The quantitative estimate of drug-likeness (QED) is 0.510. The van der Waals surface area contributed by atoms with Gasteiger partial charge < -0.3 is 9.80 Å². The first kappa shape index (κ1) is 18.7. The second kappa shape index (κ2) is 6.61. The summed E-state index contributed by atoms with van der Waals surface area (Å²) in [6.07, 6.45) is 0. The highest BCUT2D eigenvalue weighted by atomic mass is 32.2. The first-order valence-electron chi connectivity index (χ1n) is 9.04. The van der Waals surface area contributed by atoms with Crippen molar-refractivity contribution in [3.63, 3.8) is 0 Å². The Morgan fingerprint density at radius 1 is 0.800 bits per heavy atom. The number of thioether (sulfide) groups is 1. The number of anilines is 2. The molecule has 2 aromatic carbocycles. The topological polar surface area (TPSA) is 73.3 Å². The highest BCUT2D eigenvalue weighted by Crippen LogP contribution is 2.44. The Labute approximate surface area is 181 Å². The van der Waals surface area contributed by atoms with E-state index in [-0.39, 0.29) is 26.8 Å². The molecule has 5 rings (SSSR count). The molecular weight excluding hydrogens is 420 g/mol. The van der Waals surface area contributed by atoms with Crippen molar-refractivity contribution in [1.29, 1.82) is 0 Å². The predicted molar refractivity (Wildman–Crippen MR) is 120 cm³/mol. The van der Waals surface area contributed by atoms with Gasteiger partial charge in [0.05, 0.1) is 21.9 Å². The predicted octanol–water partition coefficient (Wildman–Crippen LogP) is 2.62. The third-order valence-corrected chi connectivity index (χ3v) is 6.61. The Balaban J connectivity index is 1.60. The highest BCUT2D eigenvalue weighted by Gasteiger charge is 2.42. The van der Waals surface area contributed by atoms with Gasteiger partial charge in [0.1, 0.15) is 0 Å². The number of para-hydroxylation sites is 2. The SMILES string of the molecule is CN1C(=O)C(=NN2C(=O)C(=C3C(=O)N(C)c4ccccc43)SC2=S)c2ccccc21. The van der Waals surface area contributed by atoms with Crippen molar-refractivity contribution in [3.8, 4) is 0 Å². The number of rotatable bonds is 1. The molecule has 148 valence electrons. The lowest BCUT2D eigenvalue weighted by Gasteiger charge is -2.09. The van der Waals surface area contributed by atoms with Crippen LogP contribution in [0.5, 0.6) is 0 Å². The van der Waals surface area contributed by atoms with Gasteiger partial charge in [0, 0.05) is 25.2 Å². The molecular formula is C21H14N4O3S2. The zero-order valence-electron chi connectivity index (χ0n) is 15.9. The summed E-state index contributed by atoms with van der Waals surface area (Å²) in [7, 11) is 3.32. The maximum atomic E-state index is 13.2. The average molecular weight is 435 g/mol. The van der Waals surface area contributed by atoms with E-state index in [0.29, 0.717) is 22.4 Å². The summed E-state index contributed by atoms with van der Waals surface area (Å²) in [6, 6.07) is 14.5. The van der Waals surface area contributed by atoms with Gasteiger partial charge in [-0.15, -0.1) is 0 Å². The van der Waals surface area contributed by atoms with E-state index >= 15 is 0 Å². The Morgan fingerprint density at radius 2 is 1.37 bits per heavy atom. The third kappa shape index (κ3) is 2.49. The molecule has 3 heterocycles. The van der Waals surface area contributed by atoms with Crippen LogP contribution in [0.3, 0.4) is 0 Å². The van der Waals surface area contributed by atoms with Crippen LogP contribution in [0.4, 0.5) is 11.4 Å². The summed E-state index contributed by atoms with van der Waals surface area (Å²) in [5, 5.41) is 5.36. The second-order valence-corrected chi connectivity index (χ2v) is 8.54. The number of thiocarbonyl (C=S) groups is 1. The van der Waals surface area contributed by atoms with Gasteiger partial charge in [0.15, 0.2) is 10.0 Å². The fraction of sp³-hybridized carbons (Fsp3) is 0.0952. The van der Waals surface area contributed by atoms with Crippen molar-refractivity contribution in [1.82, 2.24) is 5.01 Å². The fourth-order valence-corrected chi connectivity index (χ4v) is 4.96. The van der Waals surface area contributed by atoms with E-state index in [1.54, 1.807) is 32.3 Å². The van der Waals surface area contributed by atoms with Gasteiger partial charge in [-0.2, -0.15) is 10.1 Å². The van der Waals surface area contributed by atoms with Crippen LogP contribution < -0.4 is 9.80 Å². The van der Waals surface area contributed by atoms with E-state index in [9.17, 15) is 14.4 Å². The Morgan fingerprint density at radius 3 is 2.07 bits per heavy atom. The number of fused-ring (bicyclic) bond motifs is 2. The summed E-state index contributed by atoms with van der Waals surface area (Å²) >= 11 is 6.40. The minimum atomic E-state index is -0.509. The second-order valence-electron chi connectivity index (χ2n) is 6.90. The fourth-order valence-electron chi connectivity index (χ4n) is 3.73. The van der Waals surface area contributed by atoms with Gasteiger partial charge in [-0.05, 0) is 24.4 Å². The zero-order valence-corrected chi connectivity index (χ0v) is 17.6. The van der Waals surface area contributed by atoms with Gasteiger partial charge in [-0.1, -0.05) is 48.2 Å². The molecule has 3 amide bonds. The summed E-state index contributed by atoms with van der Waals surface area (Å²) < 4.78 is 0.176. The molecule has 0 atom stereocenters. The van der Waals surface area contributed by atoms with Crippen LogP contribution in [0.1, 0.15) is 11.1 Å². The Kier molecular flexibility index (Phi) is 4.12. The lowest BCUT2D eigenvalue weighted by atomic mass is 10.1. The number of nitrogens with zero attached hydrogens (tertiary/aromatic N) is 4. The summed E-state index contributed by atoms with van der Waals surface area (Å²) in [4.78, 5) is 42.0. The van der Waals surface area contributed by atoms with Crippen LogP contribution in [-0.2, 0) is 14.4 Å². The number of hydrogen-bond acceptors (Lipinski definition) is 6. The minimum absolute atomic E-state index is 0.144. The average Bonchev–Trinajstić information content (AvgIpc) is 3.27. The summed E-state index contributed by atoms with van der Waals surface area (Å²) in [6.45, 7) is 0. The van der Waals surface area contributed by atoms with Gasteiger partial charge in [-0.25, -0.2) is 0 Å². The van der Waals surface area contributed by atoms with E-state index < -0.39 is 5.91 Å². The van der Waals surface area contributed by atoms with Crippen molar-refractivity contribution < 1.29 is 14.4 Å². The van der Waals surface area contributed by atoms with Gasteiger partial charge >= 0.3 is 0 Å². The van der Waals surface area contributed by atoms with Crippen LogP contribution in [0.25, 0.3) is 5.57 Å². The molecule has 0 unspecified atom stereocenters. The molecule has 0 saturated carbocycles. The maximum absolute atomic E-state index is 13.2. The van der Waals surface area contributed by atoms with Crippen molar-refractivity contribution in [2.75, 3.05) is 23.9 Å². The van der Waals surface area contributed by atoms with Crippen LogP contribution in [0.15, 0.2) is 58.5 Å². The molecule has 3 aliphatic heterocycles. The number of carbonyl (C=O) groups excluding carboxylic acids is 3. The monoisotopic (exact) mass is 434 g/mol. The number of carbonyl (C=O) groups is 3. The van der Waals surface area contributed by atoms with E-state index in [2.05, 4.69) is 5.10 Å². The molecule has 0 aromatic heterocycles. The molecule has 0 bridgehead atoms. The summed E-state index contributed by atoms with van der Waals surface area (Å²) in [5.74, 6) is -1.10. The largest absolute Gasteiger partial charge is 0.311 e. The number of benzene rings is 2. The molecule has 1 fully saturated rings. The smallest absolute Gasteiger partial charge is 0.287 e. The van der Waals surface area contributed by atoms with Crippen molar-refractivity contribution >= 4 is 68.7 Å². The van der Waals surface area contributed by atoms with E-state index in [0.717, 1.165) is 22.5 Å². The summed E-state index contributed by atoms with van der Waals surface area (Å²) in [5.41, 5.74) is 3.21. The van der Waals surface area contributed by atoms with Crippen molar-refractivity contribution in [2.45, 2.75) is 0 Å². The number of hydrazone groups is 1. The molecule has 9 heteroatoms. The third-order valence-electron chi connectivity index (χ3n) is 5.26. The van der Waals surface area contributed by atoms with Crippen LogP contribution in [-0.4, -0.2) is 46.9 Å². The number of hydrogen-bond donors (Lipinski definition) is 0. The molecule has 0 N–H and O–H groups in total. The molecule has 0 spiro atoms. The number of amides is 3. The van der Waals surface area contributed by atoms with Gasteiger partial charge in [-0.3, -0.25) is 14.4 Å². The lowest BCUT2D eigenvalue weighted by Crippen LogP contribution is -2.30. The molecule has 0 radical (unpaired) electrons. The van der Waals surface area contributed by atoms with Crippen LogP contribution in [0, 0.1) is 0 Å². The molecule has 3 aliphatic rings. The maximum Gasteiger partial charge on any atom is 0.287 e. The van der Waals surface area contributed by atoms with Crippen LogP contribution >= 0.6 is 24.0 Å². The van der Waals surface area contributed by atoms with E-state index in [1.165, 1.54) is 9.80 Å². The minimum Gasteiger partial charge on any atom is -0.311 e. The standard InChI is InChI=1S/C21H14N4O3S2/c1-23-13-9-5-3-7-11(13)15(18(23)26)17-20(28)25(21(29)30-17)22-16-12-8-4-6-10-14(12)24(2)19(16)27/h3-10H,1-2H3. The van der Waals surface area contributed by atoms with Crippen molar-refractivity contribution in [3.05, 3.63) is 64.6 Å². The lowest BCUT2D eigenvalue weighted by molar-refractivity contribution is -0.122. The van der Waals surface area contributed by atoms with Gasteiger partial charge in [0.25, 0.3) is 17.7 Å². The molecule has 0 aliphatic carbocycles. The zero-order chi connectivity index (χ0) is 21.2. The first-order chi connectivity index (χ1) is 14.4. The molecule has 2 aromatic rings. The van der Waals surface area contributed by atoms with E-state index in [1.807, 2.05) is 30.3 Å². The van der Waals surface area contributed by atoms with Crippen LogP contribution in [0.2, 0.25) is 0 Å². The van der Waals surface area contributed by atoms with E-state index in [4.69, 9.17) is 12.2 Å². The van der Waals surface area contributed by atoms with Crippen molar-refractivity contribution in [2.24, 2.45) is 5.10 Å². The first-order valence-corrected chi connectivity index (χ1v) is 10.3. The Hall–Kier alpha value is -3.30. The molecule has 30 heavy (non-hydrogen) atoms.